The van der Waals surface area contributed by atoms with Crippen molar-refractivity contribution in [1.82, 2.24) is 20.9 Å². The lowest BCUT2D eigenvalue weighted by Gasteiger charge is -2.50. The van der Waals surface area contributed by atoms with E-state index in [0.29, 0.717) is 12.0 Å². The Kier molecular flexibility index (Phi) is 8.31. The second-order valence-corrected chi connectivity index (χ2v) is 12.6. The van der Waals surface area contributed by atoms with Gasteiger partial charge in [-0.2, -0.15) is 0 Å². The molecule has 2 fully saturated rings. The van der Waals surface area contributed by atoms with Crippen LogP contribution >= 0.6 is 0 Å². The van der Waals surface area contributed by atoms with Crippen molar-refractivity contribution < 1.29 is 0 Å². The third-order valence-electron chi connectivity index (χ3n) is 6.58. The van der Waals surface area contributed by atoms with Gasteiger partial charge in [0.15, 0.2) is 5.96 Å². The molecule has 0 aromatic rings. The van der Waals surface area contributed by atoms with E-state index in [9.17, 15) is 0 Å². The van der Waals surface area contributed by atoms with Crippen molar-refractivity contribution in [2.24, 2.45) is 15.7 Å². The van der Waals surface area contributed by atoms with E-state index in [2.05, 4.69) is 88.2 Å². The minimum atomic E-state index is 0.0390. The van der Waals surface area contributed by atoms with Gasteiger partial charge in [0.25, 0.3) is 0 Å². The molecule has 0 atom stereocenters. The molecule has 0 bridgehead atoms. The van der Waals surface area contributed by atoms with Gasteiger partial charge in [0.05, 0.1) is 6.04 Å². The van der Waals surface area contributed by atoms with Crippen molar-refractivity contribution in [2.75, 3.05) is 13.6 Å². The van der Waals surface area contributed by atoms with E-state index in [1.807, 2.05) is 7.05 Å². The maximum atomic E-state index is 6.46. The molecule has 32 heavy (non-hydrogen) atoms. The number of hydrogen-bond donors (Lipinski definition) is 4. The van der Waals surface area contributed by atoms with Crippen molar-refractivity contribution in [1.29, 1.82) is 0 Å². The number of rotatable bonds is 5. The maximum absolute atomic E-state index is 6.46. The molecule has 0 aliphatic carbocycles. The Hall–Kier alpha value is -1.34. The van der Waals surface area contributed by atoms with Gasteiger partial charge in [-0.1, -0.05) is 13.3 Å². The summed E-state index contributed by atoms with van der Waals surface area (Å²) in [5.74, 6) is 1.31. The fraction of sp³-hybridized carbons (Fsp3) is 0.920. The third-order valence-corrected chi connectivity index (χ3v) is 6.58. The van der Waals surface area contributed by atoms with Crippen molar-refractivity contribution in [2.45, 2.75) is 135 Å². The largest absolute Gasteiger partial charge is 0.370 e. The topological polar surface area (TPSA) is 90.1 Å². The highest BCUT2D eigenvalue weighted by Crippen LogP contribution is 2.32. The summed E-state index contributed by atoms with van der Waals surface area (Å²) >= 11 is 0. The summed E-state index contributed by atoms with van der Waals surface area (Å²) in [4.78, 5) is 12.0. The standard InChI is InChI=1S/C25H51N7/c1-11-12-13-32(19-16-24(6,7)31-25(8,9)17-19)21(27-10)29-20(26)28-18-14-22(2,3)30-23(4,5)15-18/h18-19,30-31H,11-17H2,1-10H3,(H3,26,27,28,29). The van der Waals surface area contributed by atoms with Crippen molar-refractivity contribution in [3.8, 4) is 0 Å². The summed E-state index contributed by atoms with van der Waals surface area (Å²) in [7, 11) is 1.85. The SMILES string of the molecule is CCCCN(C(=NC)NC(N)=NC1CC(C)(C)NC(C)(C)C1)C1CC(C)(C)NC(C)(C)C1. The van der Waals surface area contributed by atoms with Gasteiger partial charge in [-0.05, 0) is 87.5 Å². The molecule has 7 nitrogen and oxygen atoms in total. The number of nitrogens with one attached hydrogen (secondary N) is 3. The molecule has 2 saturated heterocycles. The molecule has 0 radical (unpaired) electrons. The molecular formula is C25H51N7. The number of aliphatic imine (C=N–C) groups is 2. The molecule has 0 spiro atoms. The zero-order valence-corrected chi connectivity index (χ0v) is 22.5. The molecular weight excluding hydrogens is 398 g/mol. The second kappa shape index (κ2) is 9.88. The third kappa shape index (κ3) is 7.91. The van der Waals surface area contributed by atoms with Gasteiger partial charge in [-0.25, -0.2) is 4.99 Å². The Morgan fingerprint density at radius 1 is 0.906 bits per heavy atom. The second-order valence-electron chi connectivity index (χ2n) is 12.6. The highest BCUT2D eigenvalue weighted by atomic mass is 15.3. The van der Waals surface area contributed by atoms with E-state index in [-0.39, 0.29) is 28.2 Å². The van der Waals surface area contributed by atoms with Crippen LogP contribution in [-0.4, -0.2) is 64.7 Å². The fourth-order valence-corrected chi connectivity index (χ4v) is 6.24. The van der Waals surface area contributed by atoms with Crippen LogP contribution in [0.15, 0.2) is 9.98 Å². The average Bonchev–Trinajstić information content (AvgIpc) is 2.55. The van der Waals surface area contributed by atoms with Crippen LogP contribution in [-0.2, 0) is 0 Å². The molecule has 5 N–H and O–H groups in total. The molecule has 0 unspecified atom stereocenters. The van der Waals surface area contributed by atoms with E-state index < -0.39 is 0 Å². The number of hydrogen-bond acceptors (Lipinski definition) is 4. The number of unbranched alkanes of at least 4 members (excludes halogenated alkanes) is 1. The lowest BCUT2D eigenvalue weighted by Crippen LogP contribution is -2.64. The van der Waals surface area contributed by atoms with Crippen molar-refractivity contribution in [3.05, 3.63) is 0 Å². The summed E-state index contributed by atoms with van der Waals surface area (Å²) in [6, 6.07) is 0.580. The van der Waals surface area contributed by atoms with Crippen molar-refractivity contribution in [3.63, 3.8) is 0 Å². The Balaban J connectivity index is 2.21. The molecule has 2 aliphatic heterocycles. The van der Waals surface area contributed by atoms with Crippen LogP contribution in [0.4, 0.5) is 0 Å². The Morgan fingerprint density at radius 3 is 1.81 bits per heavy atom. The molecule has 2 aliphatic rings. The number of piperidine rings is 2. The molecule has 0 aromatic heterocycles. The summed E-state index contributed by atoms with van der Waals surface area (Å²) < 4.78 is 0. The van der Waals surface area contributed by atoms with Gasteiger partial charge in [-0.3, -0.25) is 10.3 Å². The van der Waals surface area contributed by atoms with Gasteiger partial charge < -0.3 is 21.3 Å². The van der Waals surface area contributed by atoms with E-state index in [1.165, 1.54) is 0 Å². The Morgan fingerprint density at radius 2 is 1.38 bits per heavy atom. The van der Waals surface area contributed by atoms with Crippen molar-refractivity contribution >= 4 is 11.9 Å². The first kappa shape index (κ1) is 26.9. The normalized spacial score (nSPS) is 26.1. The molecule has 2 heterocycles. The Labute approximate surface area is 197 Å². The van der Waals surface area contributed by atoms with Crippen LogP contribution in [0, 0.1) is 0 Å². The van der Waals surface area contributed by atoms with Crippen LogP contribution in [0.25, 0.3) is 0 Å². The van der Waals surface area contributed by atoms with E-state index in [4.69, 9.17) is 10.7 Å². The molecule has 186 valence electrons. The van der Waals surface area contributed by atoms with Gasteiger partial charge in [0.1, 0.15) is 0 Å². The van der Waals surface area contributed by atoms with Gasteiger partial charge in [-0.15, -0.1) is 0 Å². The highest BCUT2D eigenvalue weighted by Gasteiger charge is 2.41. The van der Waals surface area contributed by atoms with Gasteiger partial charge in [0.2, 0.25) is 5.96 Å². The van der Waals surface area contributed by atoms with E-state index >= 15 is 0 Å². The molecule has 7 heteroatoms. The predicted octanol–water partition coefficient (Wildman–Crippen LogP) is 3.60. The number of guanidine groups is 2. The van der Waals surface area contributed by atoms with Crippen LogP contribution in [0.5, 0.6) is 0 Å². The summed E-state index contributed by atoms with van der Waals surface area (Å²) in [5.41, 5.74) is 6.68. The zero-order valence-electron chi connectivity index (χ0n) is 22.5. The smallest absolute Gasteiger partial charge is 0.200 e. The summed E-state index contributed by atoms with van der Waals surface area (Å²) in [5, 5.41) is 10.9. The zero-order chi connectivity index (χ0) is 24.4. The molecule has 0 amide bonds. The summed E-state index contributed by atoms with van der Waals surface area (Å²) in [6.45, 7) is 21.4. The van der Waals surface area contributed by atoms with Crippen LogP contribution < -0.4 is 21.7 Å². The first-order chi connectivity index (χ1) is 14.6. The van der Waals surface area contributed by atoms with E-state index in [1.54, 1.807) is 0 Å². The van der Waals surface area contributed by atoms with Crippen LogP contribution in [0.2, 0.25) is 0 Å². The summed E-state index contributed by atoms with van der Waals surface area (Å²) in [6.07, 6.45) is 6.33. The van der Waals surface area contributed by atoms with Crippen LogP contribution in [0.3, 0.4) is 0 Å². The minimum absolute atomic E-state index is 0.0390. The molecule has 2 rings (SSSR count). The molecule has 0 aromatic carbocycles. The first-order valence-corrected chi connectivity index (χ1v) is 12.5. The average molecular weight is 450 g/mol. The Bertz CT molecular complexity index is 658. The predicted molar refractivity (Wildman–Crippen MR) is 138 cm³/mol. The quantitative estimate of drug-likeness (QED) is 0.380. The lowest BCUT2D eigenvalue weighted by atomic mass is 9.79. The lowest BCUT2D eigenvalue weighted by molar-refractivity contribution is 0.101. The van der Waals surface area contributed by atoms with E-state index in [0.717, 1.165) is 51.0 Å². The number of nitrogens with zero attached hydrogens (tertiary/aromatic N) is 3. The van der Waals surface area contributed by atoms with Gasteiger partial charge >= 0.3 is 0 Å². The minimum Gasteiger partial charge on any atom is -0.370 e. The highest BCUT2D eigenvalue weighted by molar-refractivity contribution is 5.98. The monoisotopic (exact) mass is 449 g/mol. The van der Waals surface area contributed by atoms with Gasteiger partial charge in [0, 0.05) is 41.8 Å². The number of nitrogens with two attached hydrogens (primary N) is 1. The fourth-order valence-electron chi connectivity index (χ4n) is 6.24. The first-order valence-electron chi connectivity index (χ1n) is 12.5. The maximum Gasteiger partial charge on any atom is 0.200 e. The van der Waals surface area contributed by atoms with Crippen LogP contribution in [0.1, 0.15) is 101 Å². The molecule has 0 saturated carbocycles.